The number of nitrogens with zero attached hydrogens (tertiary/aromatic N) is 1. The Balaban J connectivity index is 3.30. The topological polar surface area (TPSA) is 238 Å². The summed E-state index contributed by atoms with van der Waals surface area (Å²) in [5, 5.41) is 28.1. The molecular weight excluding hydrogens is 582 g/mol. The molecule has 1 heterocycles. The van der Waals surface area contributed by atoms with Gasteiger partial charge < -0.3 is 45.9 Å². The van der Waals surface area contributed by atoms with E-state index >= 15 is 0 Å². The number of aliphatic carboxylic acids is 2. The van der Waals surface area contributed by atoms with E-state index in [0.29, 0.717) is 0 Å². The number of amides is 5. The Morgan fingerprint density at radius 3 is 1.84 bits per heavy atom. The number of carboxylic acid groups (broad SMARTS) is 2. The molecule has 0 bridgehead atoms. The zero-order valence-electron chi connectivity index (χ0n) is 26.1. The maximum Gasteiger partial charge on any atom is 0.305 e. The number of carbonyl (C=O) groups excluding carboxylic acids is 6. The predicted octanol–water partition coefficient (Wildman–Crippen LogP) is -1.20. The van der Waals surface area contributed by atoms with Crippen LogP contribution in [0.2, 0.25) is 0 Å². The summed E-state index contributed by atoms with van der Waals surface area (Å²) in [5.41, 5.74) is 0. The van der Waals surface area contributed by atoms with Crippen LogP contribution in [0, 0.1) is 11.8 Å². The standard InChI is InChI=1S/C28H45N5O11/c1-13(2)22(29-16(7)35)26(41)31-18(11-21(38)39)25(40)32-23(14(3)4)28(43)33-9-8-19(44-15(5)6)24(33)27(42)30-17(12-34)10-20(36)37/h12-15,17-19,22-24H,8-11H2,1-7H3,(H,29,35)(H,30,42)(H,31,41)(H,32,40)(H,36,37)(H,38,39)/t17-,18-,19-,22-,23-,24-/m0/s1. The van der Waals surface area contributed by atoms with Gasteiger partial charge in [0.1, 0.15) is 30.5 Å². The number of aldehydes is 1. The molecule has 0 radical (unpaired) electrons. The van der Waals surface area contributed by atoms with E-state index in [2.05, 4.69) is 21.3 Å². The summed E-state index contributed by atoms with van der Waals surface area (Å²) < 4.78 is 5.85. The second-order valence-electron chi connectivity index (χ2n) is 11.6. The largest absolute Gasteiger partial charge is 0.481 e. The van der Waals surface area contributed by atoms with Gasteiger partial charge in [-0.2, -0.15) is 0 Å². The summed E-state index contributed by atoms with van der Waals surface area (Å²) in [6.45, 7) is 11.2. The molecule has 44 heavy (non-hydrogen) atoms. The van der Waals surface area contributed by atoms with E-state index in [0.717, 1.165) is 0 Å². The fourth-order valence-electron chi connectivity index (χ4n) is 4.75. The first kappa shape index (κ1) is 37.9. The number of carbonyl (C=O) groups is 8. The monoisotopic (exact) mass is 627 g/mol. The van der Waals surface area contributed by atoms with Gasteiger partial charge in [-0.25, -0.2) is 0 Å². The van der Waals surface area contributed by atoms with Crippen molar-refractivity contribution in [2.24, 2.45) is 11.8 Å². The van der Waals surface area contributed by atoms with E-state index in [9.17, 15) is 43.5 Å². The molecule has 0 aromatic rings. The van der Waals surface area contributed by atoms with Crippen molar-refractivity contribution in [1.29, 1.82) is 0 Å². The number of hydrogen-bond donors (Lipinski definition) is 6. The number of hydrogen-bond acceptors (Lipinski definition) is 9. The van der Waals surface area contributed by atoms with Crippen LogP contribution in [0.1, 0.15) is 67.7 Å². The summed E-state index contributed by atoms with van der Waals surface area (Å²) in [7, 11) is 0. The van der Waals surface area contributed by atoms with E-state index in [1.165, 1.54) is 11.8 Å². The van der Waals surface area contributed by atoms with Crippen LogP contribution < -0.4 is 21.3 Å². The molecule has 0 aromatic heterocycles. The van der Waals surface area contributed by atoms with Crippen LogP contribution in [-0.4, -0.2) is 112 Å². The van der Waals surface area contributed by atoms with Crippen molar-refractivity contribution in [3.8, 4) is 0 Å². The fourth-order valence-corrected chi connectivity index (χ4v) is 4.75. The molecule has 5 amide bonds. The average Bonchev–Trinajstić information content (AvgIpc) is 3.30. The molecule has 1 saturated heterocycles. The summed E-state index contributed by atoms with van der Waals surface area (Å²) in [5.74, 6) is -7.49. The second kappa shape index (κ2) is 17.3. The highest BCUT2D eigenvalue weighted by molar-refractivity contribution is 5.97. The van der Waals surface area contributed by atoms with E-state index in [-0.39, 0.29) is 25.4 Å². The van der Waals surface area contributed by atoms with Gasteiger partial charge in [0.15, 0.2) is 0 Å². The Kier molecular flexibility index (Phi) is 14.9. The summed E-state index contributed by atoms with van der Waals surface area (Å²) in [6.07, 6.45) is -2.15. The van der Waals surface area contributed by atoms with E-state index in [1.54, 1.807) is 41.5 Å². The molecule has 1 aliphatic rings. The third-order valence-corrected chi connectivity index (χ3v) is 6.78. The molecule has 1 rings (SSSR count). The highest BCUT2D eigenvalue weighted by atomic mass is 16.5. The number of ether oxygens (including phenoxy) is 1. The van der Waals surface area contributed by atoms with E-state index in [4.69, 9.17) is 9.84 Å². The van der Waals surface area contributed by atoms with Gasteiger partial charge in [0.25, 0.3) is 0 Å². The first-order valence-corrected chi connectivity index (χ1v) is 14.4. The van der Waals surface area contributed by atoms with Crippen molar-refractivity contribution in [3.63, 3.8) is 0 Å². The lowest BCUT2D eigenvalue weighted by atomic mass is 10.00. The van der Waals surface area contributed by atoms with Crippen LogP contribution in [0.3, 0.4) is 0 Å². The highest BCUT2D eigenvalue weighted by Gasteiger charge is 2.46. The molecule has 0 saturated carbocycles. The van der Waals surface area contributed by atoms with Gasteiger partial charge in [-0.1, -0.05) is 27.7 Å². The zero-order chi connectivity index (χ0) is 33.9. The van der Waals surface area contributed by atoms with Crippen molar-refractivity contribution in [2.45, 2.75) is 110 Å². The molecular formula is C28H45N5O11. The van der Waals surface area contributed by atoms with Crippen molar-refractivity contribution in [2.75, 3.05) is 6.54 Å². The molecule has 16 heteroatoms. The van der Waals surface area contributed by atoms with E-state index in [1.807, 2.05) is 0 Å². The maximum absolute atomic E-state index is 13.8. The van der Waals surface area contributed by atoms with Crippen LogP contribution in [0.25, 0.3) is 0 Å². The minimum absolute atomic E-state index is 0.0279. The number of rotatable bonds is 17. The van der Waals surface area contributed by atoms with Gasteiger partial charge >= 0.3 is 11.9 Å². The van der Waals surface area contributed by atoms with Gasteiger partial charge in [-0.05, 0) is 32.1 Å². The van der Waals surface area contributed by atoms with Crippen molar-refractivity contribution in [1.82, 2.24) is 26.2 Å². The molecule has 248 valence electrons. The molecule has 6 N–H and O–H groups in total. The normalized spacial score (nSPS) is 19.1. The number of nitrogens with one attached hydrogen (secondary N) is 4. The van der Waals surface area contributed by atoms with Gasteiger partial charge in [-0.15, -0.1) is 0 Å². The zero-order valence-corrected chi connectivity index (χ0v) is 26.1. The minimum Gasteiger partial charge on any atom is -0.481 e. The van der Waals surface area contributed by atoms with Crippen LogP contribution in [-0.2, 0) is 43.1 Å². The van der Waals surface area contributed by atoms with Gasteiger partial charge in [0, 0.05) is 13.5 Å². The lowest BCUT2D eigenvalue weighted by Crippen LogP contribution is -2.61. The summed E-state index contributed by atoms with van der Waals surface area (Å²) >= 11 is 0. The van der Waals surface area contributed by atoms with Crippen LogP contribution in [0.5, 0.6) is 0 Å². The summed E-state index contributed by atoms with van der Waals surface area (Å²) in [4.78, 5) is 100. The lowest BCUT2D eigenvalue weighted by molar-refractivity contribution is -0.147. The molecule has 6 atom stereocenters. The summed E-state index contributed by atoms with van der Waals surface area (Å²) in [6, 6.07) is -6.56. The molecule has 1 fully saturated rings. The Morgan fingerprint density at radius 1 is 0.818 bits per heavy atom. The van der Waals surface area contributed by atoms with Crippen LogP contribution in [0.4, 0.5) is 0 Å². The maximum atomic E-state index is 13.8. The first-order valence-electron chi connectivity index (χ1n) is 14.4. The SMILES string of the molecule is CC(=O)N[C@H](C(=O)N[C@@H](CC(=O)O)C(=O)N[C@H](C(=O)N1CC[C@H](OC(C)C)[C@H]1C(=O)N[C@H](C=O)CC(=O)O)C(C)C)C(C)C. The minimum atomic E-state index is -1.61. The van der Waals surface area contributed by atoms with Crippen LogP contribution >= 0.6 is 0 Å². The van der Waals surface area contributed by atoms with Crippen molar-refractivity contribution in [3.05, 3.63) is 0 Å². The predicted molar refractivity (Wildman–Crippen MR) is 154 cm³/mol. The molecule has 0 spiro atoms. The number of likely N-dealkylation sites (tertiary alicyclic amines) is 1. The molecule has 16 nitrogen and oxygen atoms in total. The lowest BCUT2D eigenvalue weighted by Gasteiger charge is -2.33. The first-order chi connectivity index (χ1) is 20.4. The molecule has 0 aliphatic carbocycles. The van der Waals surface area contributed by atoms with Crippen molar-refractivity contribution < 1.29 is 53.3 Å². The Morgan fingerprint density at radius 2 is 1.39 bits per heavy atom. The van der Waals surface area contributed by atoms with E-state index < -0.39 is 102 Å². The highest BCUT2D eigenvalue weighted by Crippen LogP contribution is 2.25. The molecule has 0 unspecified atom stereocenters. The fraction of sp³-hybridized carbons (Fsp3) is 0.714. The molecule has 0 aromatic carbocycles. The smallest absolute Gasteiger partial charge is 0.305 e. The average molecular weight is 628 g/mol. The second-order valence-corrected chi connectivity index (χ2v) is 11.6. The third kappa shape index (κ3) is 11.5. The Labute approximate surface area is 256 Å². The quantitative estimate of drug-likeness (QED) is 0.105. The van der Waals surface area contributed by atoms with Gasteiger partial charge in [0.2, 0.25) is 29.5 Å². The van der Waals surface area contributed by atoms with Crippen LogP contribution in [0.15, 0.2) is 0 Å². The third-order valence-electron chi connectivity index (χ3n) is 6.78. The Bertz CT molecular complexity index is 1090. The Hall–Kier alpha value is -4.08. The van der Waals surface area contributed by atoms with Crippen molar-refractivity contribution >= 4 is 47.8 Å². The number of carboxylic acids is 2. The van der Waals surface area contributed by atoms with Gasteiger partial charge in [-0.3, -0.25) is 33.6 Å². The van der Waals surface area contributed by atoms with Gasteiger partial charge in [0.05, 0.1) is 31.1 Å². The molecule has 1 aliphatic heterocycles.